The highest BCUT2D eigenvalue weighted by molar-refractivity contribution is 5.73. The largest absolute Gasteiger partial charge is 0.0839 e. The summed E-state index contributed by atoms with van der Waals surface area (Å²) in [6.07, 6.45) is 9.61. The summed E-state index contributed by atoms with van der Waals surface area (Å²) in [5, 5.41) is 0. The van der Waals surface area contributed by atoms with Crippen LogP contribution in [0.5, 0.6) is 0 Å². The number of rotatable bonds is 1. The van der Waals surface area contributed by atoms with Gasteiger partial charge in [-0.2, -0.15) is 0 Å². The molecule has 0 atom stereocenters. The van der Waals surface area contributed by atoms with Gasteiger partial charge in [-0.05, 0) is 30.0 Å². The molecule has 0 spiro atoms. The van der Waals surface area contributed by atoms with Crippen molar-refractivity contribution in [3.8, 4) is 0 Å². The predicted octanol–water partition coefficient (Wildman–Crippen LogP) is 3.03. The van der Waals surface area contributed by atoms with Gasteiger partial charge < -0.3 is 0 Å². The molecule has 0 amide bonds. The molecule has 0 saturated heterocycles. The summed E-state index contributed by atoms with van der Waals surface area (Å²) in [5.74, 6) is 0. The molecule has 0 bridgehead atoms. The number of allylic oxidation sites excluding steroid dienone is 4. The smallest absolute Gasteiger partial charge is 0.00491 e. The Labute approximate surface area is 73.2 Å². The van der Waals surface area contributed by atoms with Gasteiger partial charge >= 0.3 is 0 Å². The van der Waals surface area contributed by atoms with E-state index in [0.717, 1.165) is 6.42 Å². The van der Waals surface area contributed by atoms with Crippen molar-refractivity contribution in [3.05, 3.63) is 60.5 Å². The van der Waals surface area contributed by atoms with Crippen molar-refractivity contribution >= 4 is 5.57 Å². The minimum Gasteiger partial charge on any atom is -0.0839 e. The van der Waals surface area contributed by atoms with E-state index in [9.17, 15) is 0 Å². The third-order valence-corrected chi connectivity index (χ3v) is 1.91. The molecular formula is C12H10. The summed E-state index contributed by atoms with van der Waals surface area (Å²) in [5.41, 5.74) is 2.46. The molecule has 0 N–H and O–H groups in total. The van der Waals surface area contributed by atoms with Gasteiger partial charge in [-0.15, -0.1) is 0 Å². The molecule has 0 nitrogen and oxygen atoms in total. The standard InChI is InChI=1S/C12H10/c1-3-7-11(8-4-1)12-9-5-2-6-10-12/h1-5,7,9-10H,6H2. The van der Waals surface area contributed by atoms with Crippen LogP contribution in [-0.2, 0) is 0 Å². The minimum atomic E-state index is 1.04. The van der Waals surface area contributed by atoms with Crippen LogP contribution in [0.15, 0.2) is 42.5 Å². The Morgan fingerprint density at radius 2 is 2.25 bits per heavy atom. The third kappa shape index (κ3) is 1.48. The molecule has 0 aliphatic heterocycles. The van der Waals surface area contributed by atoms with Gasteiger partial charge in [0.15, 0.2) is 0 Å². The van der Waals surface area contributed by atoms with Crippen molar-refractivity contribution in [3.63, 3.8) is 0 Å². The van der Waals surface area contributed by atoms with Crippen molar-refractivity contribution < 1.29 is 0 Å². The zero-order chi connectivity index (χ0) is 8.23. The molecule has 1 aromatic rings. The van der Waals surface area contributed by atoms with Crippen LogP contribution < -0.4 is 0 Å². The molecule has 0 heteroatoms. The van der Waals surface area contributed by atoms with E-state index in [2.05, 4.69) is 36.8 Å². The van der Waals surface area contributed by atoms with Crippen molar-refractivity contribution in [2.45, 2.75) is 6.42 Å². The monoisotopic (exact) mass is 154 g/mol. The average Bonchev–Trinajstić information content (AvgIpc) is 2.21. The summed E-state index contributed by atoms with van der Waals surface area (Å²) in [7, 11) is 0. The lowest BCUT2D eigenvalue weighted by molar-refractivity contribution is 1.27. The Morgan fingerprint density at radius 3 is 2.92 bits per heavy atom. The fraction of sp³-hybridized carbons (Fsp3) is 0.0833. The third-order valence-electron chi connectivity index (χ3n) is 1.91. The highest BCUT2D eigenvalue weighted by Crippen LogP contribution is 2.21. The quantitative estimate of drug-likeness (QED) is 0.583. The Bertz CT molecular complexity index is 304. The van der Waals surface area contributed by atoms with Crippen LogP contribution in [0, 0.1) is 12.5 Å². The van der Waals surface area contributed by atoms with Crippen LogP contribution in [0.4, 0.5) is 0 Å². The van der Waals surface area contributed by atoms with Crippen LogP contribution >= 0.6 is 0 Å². The Balaban J connectivity index is 2.31. The highest BCUT2D eigenvalue weighted by atomic mass is 14.1. The van der Waals surface area contributed by atoms with Gasteiger partial charge in [-0.3, -0.25) is 0 Å². The van der Waals surface area contributed by atoms with Crippen LogP contribution in [0.2, 0.25) is 0 Å². The molecule has 1 aliphatic rings. The summed E-state index contributed by atoms with van der Waals surface area (Å²) < 4.78 is 0. The summed E-state index contributed by atoms with van der Waals surface area (Å²) in [6.45, 7) is 0. The molecule has 0 fully saturated rings. The molecule has 0 aromatic heterocycles. The molecule has 2 radical (unpaired) electrons. The summed E-state index contributed by atoms with van der Waals surface area (Å²) in [4.78, 5) is 0. The number of hydrogen-bond donors (Lipinski definition) is 0. The normalized spacial score (nSPS) is 15.8. The van der Waals surface area contributed by atoms with Crippen molar-refractivity contribution in [2.24, 2.45) is 0 Å². The zero-order valence-corrected chi connectivity index (χ0v) is 6.83. The van der Waals surface area contributed by atoms with E-state index < -0.39 is 0 Å². The van der Waals surface area contributed by atoms with Crippen molar-refractivity contribution in [1.29, 1.82) is 0 Å². The predicted molar refractivity (Wildman–Crippen MR) is 51.3 cm³/mol. The van der Waals surface area contributed by atoms with Crippen LogP contribution in [0.25, 0.3) is 5.57 Å². The Hall–Kier alpha value is -1.30. The first-order valence-corrected chi connectivity index (χ1v) is 4.14. The summed E-state index contributed by atoms with van der Waals surface area (Å²) in [6, 6.07) is 11.3. The lowest BCUT2D eigenvalue weighted by atomic mass is 9.98. The second-order valence-electron chi connectivity index (χ2n) is 2.77. The second-order valence-corrected chi connectivity index (χ2v) is 2.77. The molecule has 2 rings (SSSR count). The van der Waals surface area contributed by atoms with Gasteiger partial charge in [-0.1, -0.05) is 42.5 Å². The highest BCUT2D eigenvalue weighted by Gasteiger charge is 2.01. The fourth-order valence-corrected chi connectivity index (χ4v) is 1.29. The lowest BCUT2D eigenvalue weighted by Crippen LogP contribution is -1.87. The number of hydrogen-bond acceptors (Lipinski definition) is 0. The molecular weight excluding hydrogens is 144 g/mol. The number of benzene rings is 1. The lowest BCUT2D eigenvalue weighted by Gasteiger charge is -2.07. The molecule has 0 unspecified atom stereocenters. The first-order chi connectivity index (χ1) is 5.97. The maximum absolute atomic E-state index is 3.20. The van der Waals surface area contributed by atoms with Gasteiger partial charge in [0.2, 0.25) is 0 Å². The van der Waals surface area contributed by atoms with Crippen LogP contribution in [0.3, 0.4) is 0 Å². The van der Waals surface area contributed by atoms with Crippen molar-refractivity contribution in [2.75, 3.05) is 0 Å². The first kappa shape index (κ1) is 7.35. The van der Waals surface area contributed by atoms with E-state index in [1.165, 1.54) is 11.1 Å². The summed E-state index contributed by atoms with van der Waals surface area (Å²) >= 11 is 0. The van der Waals surface area contributed by atoms with E-state index in [1.807, 2.05) is 18.2 Å². The van der Waals surface area contributed by atoms with Crippen LogP contribution in [-0.4, -0.2) is 0 Å². The topological polar surface area (TPSA) is 0 Å². The Morgan fingerprint density at radius 1 is 1.25 bits per heavy atom. The Kier molecular flexibility index (Phi) is 2.08. The van der Waals surface area contributed by atoms with E-state index >= 15 is 0 Å². The molecule has 12 heavy (non-hydrogen) atoms. The van der Waals surface area contributed by atoms with E-state index in [-0.39, 0.29) is 0 Å². The molecule has 0 saturated carbocycles. The van der Waals surface area contributed by atoms with Gasteiger partial charge in [0.05, 0.1) is 0 Å². The van der Waals surface area contributed by atoms with Gasteiger partial charge in [-0.25, -0.2) is 0 Å². The van der Waals surface area contributed by atoms with E-state index in [1.54, 1.807) is 0 Å². The average molecular weight is 154 g/mol. The maximum Gasteiger partial charge on any atom is -0.00491 e. The van der Waals surface area contributed by atoms with Gasteiger partial charge in [0, 0.05) is 0 Å². The van der Waals surface area contributed by atoms with Crippen molar-refractivity contribution in [1.82, 2.24) is 0 Å². The van der Waals surface area contributed by atoms with E-state index in [0.29, 0.717) is 0 Å². The second kappa shape index (κ2) is 3.40. The molecule has 0 heterocycles. The molecule has 58 valence electrons. The SMILES string of the molecule is [c]1ccccc1C1=CC=CC[CH]1. The first-order valence-electron chi connectivity index (χ1n) is 4.14. The molecule has 1 aliphatic carbocycles. The molecule has 1 aromatic carbocycles. The minimum absolute atomic E-state index is 1.04. The van der Waals surface area contributed by atoms with E-state index in [4.69, 9.17) is 0 Å². The van der Waals surface area contributed by atoms with Gasteiger partial charge in [0.1, 0.15) is 0 Å². The van der Waals surface area contributed by atoms with Crippen LogP contribution in [0.1, 0.15) is 12.0 Å². The van der Waals surface area contributed by atoms with Gasteiger partial charge in [0.25, 0.3) is 0 Å². The fourth-order valence-electron chi connectivity index (χ4n) is 1.29. The zero-order valence-electron chi connectivity index (χ0n) is 6.83. The maximum atomic E-state index is 3.20.